The average Bonchev–Trinajstić information content (AvgIpc) is 3.10. The summed E-state index contributed by atoms with van der Waals surface area (Å²) in [5.74, 6) is -2.07. The summed E-state index contributed by atoms with van der Waals surface area (Å²) >= 11 is 0.804. The molecule has 1 N–H and O–H groups in total. The number of rotatable bonds is 8. The lowest BCUT2D eigenvalue weighted by atomic mass is 9.90. The number of nitrogens with zero attached hydrogens (tertiary/aromatic N) is 2. The Labute approximate surface area is 187 Å². The molecule has 2 aromatic heterocycles. The topological polar surface area (TPSA) is 73.7 Å². The van der Waals surface area contributed by atoms with Crippen molar-refractivity contribution in [3.05, 3.63) is 41.2 Å². The van der Waals surface area contributed by atoms with Crippen LogP contribution in [-0.2, 0) is 5.60 Å². The number of aromatic nitrogens is 2. The molecule has 0 fully saturated rings. The number of halogens is 6. The molecule has 3 rings (SSSR count). The molecule has 6 nitrogen and oxygen atoms in total. The number of alkyl halides is 6. The van der Waals surface area contributed by atoms with Crippen LogP contribution < -0.4 is 14.2 Å². The summed E-state index contributed by atoms with van der Waals surface area (Å²) < 4.78 is 89.6. The van der Waals surface area contributed by atoms with Gasteiger partial charge in [0.2, 0.25) is 0 Å². The maximum absolute atomic E-state index is 12.8. The molecular weight excluding hydrogens is 478 g/mol. The van der Waals surface area contributed by atoms with Crippen molar-refractivity contribution < 1.29 is 45.7 Å². The predicted octanol–water partition coefficient (Wildman–Crippen LogP) is 5.92. The number of fused-ring (bicyclic) bond motifs is 1. The Morgan fingerprint density at radius 1 is 0.970 bits per heavy atom. The summed E-state index contributed by atoms with van der Waals surface area (Å²) in [5, 5.41) is 11.6. The van der Waals surface area contributed by atoms with Gasteiger partial charge in [-0.05, 0) is 19.4 Å². The zero-order valence-electron chi connectivity index (χ0n) is 17.3. The third kappa shape index (κ3) is 5.77. The highest BCUT2D eigenvalue weighted by molar-refractivity contribution is 7.18. The van der Waals surface area contributed by atoms with Gasteiger partial charge in [-0.3, -0.25) is 4.98 Å². The molecule has 1 atom stereocenters. The van der Waals surface area contributed by atoms with Gasteiger partial charge in [0, 0.05) is 24.5 Å². The lowest BCUT2D eigenvalue weighted by Gasteiger charge is -2.27. The minimum atomic E-state index is -5.26. The van der Waals surface area contributed by atoms with Gasteiger partial charge in [0.15, 0.2) is 11.5 Å². The Hall–Kier alpha value is -2.80. The van der Waals surface area contributed by atoms with Crippen LogP contribution in [0, 0.1) is 0 Å². The Kier molecular flexibility index (Phi) is 6.93. The van der Waals surface area contributed by atoms with E-state index in [1.807, 2.05) is 0 Å². The van der Waals surface area contributed by atoms with Crippen LogP contribution in [0.15, 0.2) is 30.6 Å². The normalized spacial score (nSPS) is 14.2. The first kappa shape index (κ1) is 24.8. The van der Waals surface area contributed by atoms with Gasteiger partial charge < -0.3 is 19.3 Å². The fourth-order valence-electron chi connectivity index (χ4n) is 3.21. The molecule has 3 aromatic rings. The van der Waals surface area contributed by atoms with Gasteiger partial charge in [0.1, 0.15) is 16.4 Å². The summed E-state index contributed by atoms with van der Waals surface area (Å²) in [5.41, 5.74) is -1.60. The third-order valence-electron chi connectivity index (χ3n) is 4.40. The zero-order chi connectivity index (χ0) is 24.4. The molecule has 0 saturated carbocycles. The number of thiazole rings is 1. The first-order valence-corrected chi connectivity index (χ1v) is 10.4. The lowest BCUT2D eigenvalue weighted by molar-refractivity contribution is -0.287. The van der Waals surface area contributed by atoms with Gasteiger partial charge in [-0.15, -0.1) is 37.7 Å². The van der Waals surface area contributed by atoms with Gasteiger partial charge >= 0.3 is 12.7 Å². The van der Waals surface area contributed by atoms with Gasteiger partial charge in [0.05, 0.1) is 22.4 Å². The van der Waals surface area contributed by atoms with Gasteiger partial charge in [-0.1, -0.05) is 13.3 Å². The quantitative estimate of drug-likeness (QED) is 0.390. The molecule has 33 heavy (non-hydrogen) atoms. The van der Waals surface area contributed by atoms with E-state index in [0.717, 1.165) is 17.4 Å². The Morgan fingerprint density at radius 3 is 2.18 bits per heavy atom. The lowest BCUT2D eigenvalue weighted by Crippen LogP contribution is -2.28. The molecule has 0 aliphatic carbocycles. The largest absolute Gasteiger partial charge is 0.573 e. The maximum Gasteiger partial charge on any atom is 0.573 e. The highest BCUT2D eigenvalue weighted by atomic mass is 32.1. The van der Waals surface area contributed by atoms with E-state index in [1.54, 1.807) is 13.8 Å². The molecule has 0 aliphatic heterocycles. The van der Waals surface area contributed by atoms with Crippen molar-refractivity contribution in [1.82, 2.24) is 9.97 Å². The average molecular weight is 496 g/mol. The number of hydrogen-bond acceptors (Lipinski definition) is 7. The fraction of sp³-hybridized carbons (Fsp3) is 0.400. The van der Waals surface area contributed by atoms with Crippen LogP contribution in [0.2, 0.25) is 0 Å². The van der Waals surface area contributed by atoms with E-state index in [1.165, 1.54) is 18.5 Å². The third-order valence-corrected chi connectivity index (χ3v) is 5.57. The summed E-state index contributed by atoms with van der Waals surface area (Å²) in [7, 11) is 0. The molecule has 2 heterocycles. The molecule has 180 valence electrons. The van der Waals surface area contributed by atoms with E-state index >= 15 is 0 Å². The molecule has 0 saturated heterocycles. The maximum atomic E-state index is 12.8. The van der Waals surface area contributed by atoms with Crippen molar-refractivity contribution in [2.45, 2.75) is 45.0 Å². The second-order valence-corrected chi connectivity index (χ2v) is 7.83. The van der Waals surface area contributed by atoms with Gasteiger partial charge in [-0.25, -0.2) is 4.98 Å². The van der Waals surface area contributed by atoms with Crippen molar-refractivity contribution in [3.63, 3.8) is 0 Å². The van der Waals surface area contributed by atoms with Gasteiger partial charge in [-0.2, -0.15) is 0 Å². The summed E-state index contributed by atoms with van der Waals surface area (Å²) in [6.45, 7) is 3.82. The van der Waals surface area contributed by atoms with Crippen LogP contribution in [0.25, 0.3) is 10.2 Å². The monoisotopic (exact) mass is 496 g/mol. The van der Waals surface area contributed by atoms with Crippen LogP contribution in [0.5, 0.6) is 17.2 Å². The van der Waals surface area contributed by atoms with Crippen LogP contribution in [-0.4, -0.2) is 34.4 Å². The minimum Gasteiger partial charge on any atom is -0.493 e. The van der Waals surface area contributed by atoms with Gasteiger partial charge in [0.25, 0.3) is 0 Å². The van der Waals surface area contributed by atoms with Crippen LogP contribution in [0.4, 0.5) is 26.3 Å². The summed E-state index contributed by atoms with van der Waals surface area (Å²) in [6.07, 6.45) is -7.07. The van der Waals surface area contributed by atoms with E-state index in [4.69, 9.17) is 4.74 Å². The van der Waals surface area contributed by atoms with Crippen LogP contribution in [0.1, 0.15) is 37.3 Å². The first-order chi connectivity index (χ1) is 15.4. The van der Waals surface area contributed by atoms with E-state index in [9.17, 15) is 31.4 Å². The van der Waals surface area contributed by atoms with Crippen molar-refractivity contribution in [3.8, 4) is 17.2 Å². The fourth-order valence-corrected chi connectivity index (χ4v) is 4.32. The van der Waals surface area contributed by atoms with E-state index in [0.29, 0.717) is 18.2 Å². The molecule has 0 aliphatic rings. The number of hydrogen-bond donors (Lipinski definition) is 1. The second-order valence-electron chi connectivity index (χ2n) is 6.80. The highest BCUT2D eigenvalue weighted by Gasteiger charge is 2.39. The summed E-state index contributed by atoms with van der Waals surface area (Å²) in [6, 6.07) is 2.96. The molecule has 0 amide bonds. The molecule has 0 bridgehead atoms. The number of pyridine rings is 1. The molecule has 0 radical (unpaired) electrons. The van der Waals surface area contributed by atoms with Crippen molar-refractivity contribution in [1.29, 1.82) is 0 Å². The van der Waals surface area contributed by atoms with Crippen molar-refractivity contribution >= 4 is 21.6 Å². The molecular formula is C20H18F6N2O4S. The number of ether oxygens (including phenoxy) is 3. The molecule has 0 spiro atoms. The second kappa shape index (κ2) is 9.21. The smallest absolute Gasteiger partial charge is 0.493 e. The zero-order valence-corrected chi connectivity index (χ0v) is 18.1. The van der Waals surface area contributed by atoms with E-state index in [2.05, 4.69) is 19.4 Å². The van der Waals surface area contributed by atoms with E-state index in [-0.39, 0.29) is 33.8 Å². The van der Waals surface area contributed by atoms with Crippen LogP contribution >= 0.6 is 11.3 Å². The Bertz CT molecular complexity index is 1070. The Morgan fingerprint density at radius 2 is 1.61 bits per heavy atom. The summed E-state index contributed by atoms with van der Waals surface area (Å²) in [4.78, 5) is 8.22. The minimum absolute atomic E-state index is 0.0374. The van der Waals surface area contributed by atoms with Crippen molar-refractivity contribution in [2.75, 3.05) is 6.61 Å². The number of benzene rings is 1. The molecule has 1 aromatic carbocycles. The number of aliphatic hydroxyl groups is 1. The molecule has 13 heteroatoms. The highest BCUT2D eigenvalue weighted by Crippen LogP contribution is 2.45. The Balaban J connectivity index is 2.18. The predicted molar refractivity (Wildman–Crippen MR) is 106 cm³/mol. The van der Waals surface area contributed by atoms with E-state index < -0.39 is 29.8 Å². The SMILES string of the molecule is CCCC(O)(c1nc2cc(OC(F)(F)F)c(OC(F)(F)F)cc2s1)c1cnccc1OCC. The first-order valence-electron chi connectivity index (χ1n) is 9.62. The van der Waals surface area contributed by atoms with Crippen LogP contribution in [0.3, 0.4) is 0 Å². The molecule has 1 unspecified atom stereocenters. The van der Waals surface area contributed by atoms with Crippen molar-refractivity contribution in [2.24, 2.45) is 0 Å². The standard InChI is InChI=1S/C20H18F6N2O4S/c1-3-6-18(29,11-10-27-7-5-13(11)30-4-2)17-28-12-8-14(31-19(21,22)23)15(9-16(12)33-17)32-20(24,25)26/h5,7-10,29H,3-4,6H2,1-2H3.